The van der Waals surface area contributed by atoms with Crippen LogP contribution >= 0.6 is 0 Å². The maximum absolute atomic E-state index is 11.7. The van der Waals surface area contributed by atoms with Crippen LogP contribution in [0.5, 0.6) is 0 Å². The van der Waals surface area contributed by atoms with E-state index in [0.29, 0.717) is 26.3 Å². The Hall–Kier alpha value is -0.850. The lowest BCUT2D eigenvalue weighted by molar-refractivity contribution is -0.0844. The molecule has 6 heteroatoms. The fourth-order valence-corrected chi connectivity index (χ4v) is 1.52. The summed E-state index contributed by atoms with van der Waals surface area (Å²) in [6.45, 7) is 2.79. The third-order valence-electron chi connectivity index (χ3n) is 2.29. The van der Waals surface area contributed by atoms with Gasteiger partial charge in [0.15, 0.2) is 0 Å². The number of β-amino-alcohol motifs (C(OH)–C–C–N with tert-alkyl or cyclic N) is 1. The zero-order valence-corrected chi connectivity index (χ0v) is 7.89. The monoisotopic (exact) mass is 202 g/mol. The summed E-state index contributed by atoms with van der Waals surface area (Å²) in [5, 5.41) is 10.4. The molecule has 0 radical (unpaired) electrons. The van der Waals surface area contributed by atoms with Crippen LogP contribution in [0.15, 0.2) is 0 Å². The van der Waals surface area contributed by atoms with E-state index in [1.807, 2.05) is 0 Å². The highest BCUT2D eigenvalue weighted by molar-refractivity contribution is 5.73. The normalized spacial score (nSPS) is 28.2. The summed E-state index contributed by atoms with van der Waals surface area (Å²) < 4.78 is 5.13. The topological polar surface area (TPSA) is 62.2 Å². The van der Waals surface area contributed by atoms with Gasteiger partial charge in [0.2, 0.25) is 0 Å². The number of hydrogen-bond acceptors (Lipinski definition) is 4. The van der Waals surface area contributed by atoms with Crippen molar-refractivity contribution in [3.63, 3.8) is 0 Å². The van der Waals surface area contributed by atoms with E-state index in [9.17, 15) is 9.90 Å². The summed E-state index contributed by atoms with van der Waals surface area (Å²) >= 11 is 0. The molecular formula is C8H14N2O4. The highest BCUT2D eigenvalue weighted by Crippen LogP contribution is 2.10. The number of nitrogens with zero attached hydrogens (tertiary/aromatic N) is 2. The summed E-state index contributed by atoms with van der Waals surface area (Å²) in [6, 6.07) is -0.176. The molecule has 2 heterocycles. The number of hydrogen-bond donors (Lipinski definition) is 1. The molecule has 2 fully saturated rings. The number of carbonyl (C=O) groups excluding carboxylic acids is 1. The number of aliphatic hydroxyl groups excluding tert-OH is 1. The van der Waals surface area contributed by atoms with E-state index in [-0.39, 0.29) is 19.2 Å². The first kappa shape index (κ1) is 9.70. The maximum atomic E-state index is 11.7. The van der Waals surface area contributed by atoms with Gasteiger partial charge in [0.1, 0.15) is 12.7 Å². The minimum Gasteiger partial charge on any atom is -0.389 e. The van der Waals surface area contributed by atoms with E-state index < -0.39 is 6.10 Å². The van der Waals surface area contributed by atoms with Crippen molar-refractivity contribution in [2.45, 2.75) is 6.10 Å². The minimum absolute atomic E-state index is 0.176. The first-order chi connectivity index (χ1) is 6.77. The third-order valence-corrected chi connectivity index (χ3v) is 2.29. The fraction of sp³-hybridized carbons (Fsp3) is 0.875. The Balaban J connectivity index is 1.87. The summed E-state index contributed by atoms with van der Waals surface area (Å²) in [5.41, 5.74) is 0. The summed E-state index contributed by atoms with van der Waals surface area (Å²) in [6.07, 6.45) is -0.556. The molecule has 0 spiro atoms. The predicted octanol–water partition coefficient (Wildman–Crippen LogP) is -0.953. The molecule has 0 aromatic carbocycles. The van der Waals surface area contributed by atoms with Crippen LogP contribution in [0.25, 0.3) is 0 Å². The van der Waals surface area contributed by atoms with Crippen LogP contribution in [0.1, 0.15) is 0 Å². The van der Waals surface area contributed by atoms with E-state index in [1.165, 1.54) is 5.06 Å². The van der Waals surface area contributed by atoms with Crippen LogP contribution in [0, 0.1) is 0 Å². The van der Waals surface area contributed by atoms with Gasteiger partial charge < -0.3 is 14.7 Å². The van der Waals surface area contributed by atoms with Crippen molar-refractivity contribution < 1.29 is 19.5 Å². The first-order valence-electron chi connectivity index (χ1n) is 4.72. The zero-order valence-electron chi connectivity index (χ0n) is 7.89. The van der Waals surface area contributed by atoms with E-state index in [4.69, 9.17) is 9.57 Å². The van der Waals surface area contributed by atoms with Gasteiger partial charge in [-0.15, -0.1) is 0 Å². The van der Waals surface area contributed by atoms with Gasteiger partial charge in [-0.25, -0.2) is 9.86 Å². The molecule has 14 heavy (non-hydrogen) atoms. The molecule has 2 aliphatic rings. The third kappa shape index (κ3) is 1.97. The van der Waals surface area contributed by atoms with Crippen molar-refractivity contribution in [3.05, 3.63) is 0 Å². The quantitative estimate of drug-likeness (QED) is 0.550. The highest BCUT2D eigenvalue weighted by Gasteiger charge is 2.30. The van der Waals surface area contributed by atoms with E-state index in [2.05, 4.69) is 0 Å². The molecule has 0 aliphatic carbocycles. The lowest BCUT2D eigenvalue weighted by atomic mass is 10.4. The van der Waals surface area contributed by atoms with E-state index in [1.54, 1.807) is 4.90 Å². The molecule has 80 valence electrons. The number of amides is 2. The number of urea groups is 1. The van der Waals surface area contributed by atoms with E-state index in [0.717, 1.165) is 0 Å². The number of rotatable bonds is 0. The Labute approximate surface area is 81.9 Å². The summed E-state index contributed by atoms with van der Waals surface area (Å²) in [7, 11) is 0. The molecule has 1 N–H and O–H groups in total. The van der Waals surface area contributed by atoms with Crippen LogP contribution in [-0.2, 0) is 9.57 Å². The zero-order chi connectivity index (χ0) is 9.97. The first-order valence-corrected chi connectivity index (χ1v) is 4.72. The average Bonchev–Trinajstić information content (AvgIpc) is 2.65. The van der Waals surface area contributed by atoms with Gasteiger partial charge in [0.25, 0.3) is 0 Å². The van der Waals surface area contributed by atoms with Crippen molar-refractivity contribution in [2.75, 3.05) is 39.5 Å². The molecule has 0 bridgehead atoms. The van der Waals surface area contributed by atoms with Gasteiger partial charge in [-0.3, -0.25) is 4.84 Å². The van der Waals surface area contributed by atoms with Gasteiger partial charge in [-0.05, 0) is 0 Å². The molecule has 0 saturated carbocycles. The van der Waals surface area contributed by atoms with Crippen LogP contribution in [0.3, 0.4) is 0 Å². The number of hydroxylamine groups is 2. The number of carbonyl (C=O) groups is 1. The molecule has 6 nitrogen and oxygen atoms in total. The molecular weight excluding hydrogens is 188 g/mol. The molecule has 0 unspecified atom stereocenters. The number of morpholine rings is 1. The molecule has 0 aromatic heterocycles. The standard InChI is InChI=1S/C8H14N2O4/c11-7-5-10(14-6-7)8(12)9-1-3-13-4-2-9/h7,11H,1-6H2/t7-/m1/s1. The molecule has 2 amide bonds. The predicted molar refractivity (Wildman–Crippen MR) is 46.5 cm³/mol. The van der Waals surface area contributed by atoms with Crippen LogP contribution < -0.4 is 0 Å². The number of aliphatic hydroxyl groups is 1. The van der Waals surface area contributed by atoms with Gasteiger partial charge >= 0.3 is 6.03 Å². The smallest absolute Gasteiger partial charge is 0.344 e. The lowest BCUT2D eigenvalue weighted by Crippen LogP contribution is -2.47. The molecule has 2 rings (SSSR count). The van der Waals surface area contributed by atoms with Crippen molar-refractivity contribution in [2.24, 2.45) is 0 Å². The van der Waals surface area contributed by atoms with Gasteiger partial charge in [0.05, 0.1) is 19.8 Å². The van der Waals surface area contributed by atoms with Crippen molar-refractivity contribution in [1.82, 2.24) is 9.96 Å². The van der Waals surface area contributed by atoms with Gasteiger partial charge in [-0.2, -0.15) is 0 Å². The molecule has 2 aliphatic heterocycles. The lowest BCUT2D eigenvalue weighted by Gasteiger charge is -2.29. The van der Waals surface area contributed by atoms with Crippen LogP contribution in [0.4, 0.5) is 4.79 Å². The Kier molecular flexibility index (Phi) is 2.85. The summed E-state index contributed by atoms with van der Waals surface area (Å²) in [4.78, 5) is 18.4. The second-order valence-corrected chi connectivity index (χ2v) is 3.39. The van der Waals surface area contributed by atoms with Crippen molar-refractivity contribution >= 4 is 6.03 Å². The van der Waals surface area contributed by atoms with Crippen LogP contribution in [-0.4, -0.2) is 66.7 Å². The second-order valence-electron chi connectivity index (χ2n) is 3.39. The molecule has 1 atom stereocenters. The summed E-state index contributed by atoms with van der Waals surface area (Å²) in [5.74, 6) is 0. The van der Waals surface area contributed by atoms with E-state index >= 15 is 0 Å². The number of ether oxygens (including phenoxy) is 1. The SMILES string of the molecule is O=C(N1CCOCC1)N1C[C@@H](O)CO1. The van der Waals surface area contributed by atoms with Gasteiger partial charge in [0, 0.05) is 13.1 Å². The Morgan fingerprint density at radius 2 is 2.07 bits per heavy atom. The average molecular weight is 202 g/mol. The van der Waals surface area contributed by atoms with Crippen LogP contribution in [0.2, 0.25) is 0 Å². The Bertz CT molecular complexity index is 211. The molecule has 0 aromatic rings. The molecule has 2 saturated heterocycles. The van der Waals surface area contributed by atoms with Gasteiger partial charge in [-0.1, -0.05) is 0 Å². The largest absolute Gasteiger partial charge is 0.389 e. The minimum atomic E-state index is -0.556. The highest BCUT2D eigenvalue weighted by atomic mass is 16.7. The Morgan fingerprint density at radius 1 is 1.36 bits per heavy atom. The fourth-order valence-electron chi connectivity index (χ4n) is 1.52. The van der Waals surface area contributed by atoms with Crippen molar-refractivity contribution in [1.29, 1.82) is 0 Å². The van der Waals surface area contributed by atoms with Crippen molar-refractivity contribution in [3.8, 4) is 0 Å². The second kappa shape index (κ2) is 4.12. The Morgan fingerprint density at radius 3 is 2.64 bits per heavy atom. The maximum Gasteiger partial charge on any atom is 0.344 e.